The lowest BCUT2D eigenvalue weighted by Crippen LogP contribution is -2.61. The van der Waals surface area contributed by atoms with Crippen LogP contribution < -0.4 is 120 Å². The second-order valence-electron chi connectivity index (χ2n) is 38.2. The number of nitrogens with two attached hydrogens (primary N) is 8. The monoisotopic (exact) mass is 1800 g/mol. The fourth-order valence-electron chi connectivity index (χ4n) is 14.6. The van der Waals surface area contributed by atoms with E-state index < -0.39 is 179 Å². The van der Waals surface area contributed by atoms with Gasteiger partial charge in [0.15, 0.2) is 0 Å². The molecule has 0 spiro atoms. The number of carbonyl (C=O) groups is 15. The van der Waals surface area contributed by atoms with Crippen molar-refractivity contribution in [1.82, 2.24) is 74.4 Å². The first-order valence-electron chi connectivity index (χ1n) is 47.2. The molecule has 0 fully saturated rings. The molecule has 0 radical (unpaired) electrons. The van der Waals surface area contributed by atoms with Crippen LogP contribution in [0.4, 0.5) is 0 Å². The molecule has 30 N–H and O–H groups in total. The Morgan fingerprint density at radius 1 is 0.173 bits per heavy atom. The van der Waals surface area contributed by atoms with Gasteiger partial charge in [-0.25, -0.2) is 0 Å². The van der Waals surface area contributed by atoms with Crippen LogP contribution >= 0.6 is 0 Å². The van der Waals surface area contributed by atoms with Crippen LogP contribution in [0.25, 0.3) is 0 Å². The van der Waals surface area contributed by atoms with Gasteiger partial charge in [0.05, 0.1) is 6.04 Å². The van der Waals surface area contributed by atoms with Crippen LogP contribution in [0, 0.1) is 53.3 Å². The van der Waals surface area contributed by atoms with E-state index >= 15 is 0 Å². The molecule has 15 amide bonds. The third kappa shape index (κ3) is 52.3. The Morgan fingerprint density at radius 2 is 0.291 bits per heavy atom. The molecule has 0 aliphatic rings. The quantitative estimate of drug-likeness (QED) is 0.0386. The molecule has 0 aliphatic carbocycles. The number of carbonyl (C=O) groups excluding carboxylic acids is 15. The lowest BCUT2D eigenvalue weighted by molar-refractivity contribution is -0.137. The smallest absolute Gasteiger partial charge is 0.243 e. The predicted octanol–water partition coefficient (Wildman–Crippen LogP) is 1.78. The summed E-state index contributed by atoms with van der Waals surface area (Å²) >= 11 is 0. The minimum Gasteiger partial charge on any atom is -0.368 e. The maximum Gasteiger partial charge on any atom is 0.243 e. The number of hydrogen-bond donors (Lipinski definition) is 22. The zero-order chi connectivity index (χ0) is 96.8. The van der Waals surface area contributed by atoms with Crippen molar-refractivity contribution in [3.05, 3.63) is 0 Å². The lowest BCUT2D eigenvalue weighted by atomic mass is 9.98. The summed E-state index contributed by atoms with van der Waals surface area (Å²) in [5.41, 5.74) is 47.3. The van der Waals surface area contributed by atoms with Gasteiger partial charge < -0.3 is 120 Å². The van der Waals surface area contributed by atoms with Gasteiger partial charge in [0.2, 0.25) is 88.6 Å². The van der Waals surface area contributed by atoms with Crippen LogP contribution in [0.2, 0.25) is 0 Å². The van der Waals surface area contributed by atoms with E-state index in [2.05, 4.69) is 74.4 Å². The number of unbranched alkanes of at least 4 members (excludes halogenated alkanes) is 6. The number of primary amides is 1. The van der Waals surface area contributed by atoms with E-state index in [1.54, 1.807) is 0 Å². The van der Waals surface area contributed by atoms with E-state index in [1.807, 2.05) is 125 Å². The van der Waals surface area contributed by atoms with Crippen LogP contribution in [-0.2, 0) is 71.9 Å². The van der Waals surface area contributed by atoms with Crippen LogP contribution in [-0.4, -0.2) is 219 Å². The fourth-order valence-corrected chi connectivity index (χ4v) is 14.6. The molecule has 127 heavy (non-hydrogen) atoms. The Labute approximate surface area is 758 Å². The van der Waals surface area contributed by atoms with Crippen molar-refractivity contribution in [3.8, 4) is 0 Å². The summed E-state index contributed by atoms with van der Waals surface area (Å²) in [6.45, 7) is 35.0. The van der Waals surface area contributed by atoms with Crippen molar-refractivity contribution in [2.75, 3.05) is 39.3 Å². The van der Waals surface area contributed by atoms with Crippen LogP contribution in [0.1, 0.15) is 298 Å². The van der Waals surface area contributed by atoms with Crippen LogP contribution in [0.3, 0.4) is 0 Å². The zero-order valence-corrected chi connectivity index (χ0v) is 80.4. The van der Waals surface area contributed by atoms with Gasteiger partial charge >= 0.3 is 0 Å². The molecule has 0 aromatic carbocycles. The molecule has 37 heteroatoms. The van der Waals surface area contributed by atoms with Crippen molar-refractivity contribution < 1.29 is 71.9 Å². The first-order valence-corrected chi connectivity index (χ1v) is 47.2. The summed E-state index contributed by atoms with van der Waals surface area (Å²) in [7, 11) is 0. The van der Waals surface area contributed by atoms with Gasteiger partial charge in [-0.1, -0.05) is 125 Å². The minimum atomic E-state index is -1.32. The normalized spacial score (nSPS) is 15.3. The number of amides is 15. The van der Waals surface area contributed by atoms with Crippen molar-refractivity contribution >= 4 is 88.6 Å². The fraction of sp³-hybridized carbons (Fsp3) is 0.833. The van der Waals surface area contributed by atoms with E-state index in [0.29, 0.717) is 90.0 Å². The van der Waals surface area contributed by atoms with Gasteiger partial charge in [-0.3, -0.25) is 71.9 Å². The van der Waals surface area contributed by atoms with Gasteiger partial charge in [0, 0.05) is 0 Å². The second kappa shape index (κ2) is 66.2. The van der Waals surface area contributed by atoms with Crippen molar-refractivity contribution in [2.45, 2.75) is 389 Å². The van der Waals surface area contributed by atoms with Crippen molar-refractivity contribution in [1.29, 1.82) is 0 Å². The highest BCUT2D eigenvalue weighted by molar-refractivity contribution is 6.00. The molecule has 0 saturated carbocycles. The molecule has 0 aromatic rings. The van der Waals surface area contributed by atoms with Gasteiger partial charge in [0.25, 0.3) is 0 Å². The Balaban J connectivity index is 7.47. The standard InChI is InChI=1S/C90H174N22O15/c1-52(2)43-61(97)77(114)99-62(31-19-25-37-91)80(117)107-73(49-58(13)14)88(125)110-69(45-54(5)6)84(121)102-63(32-20-26-38-92)78(115)100-65(34-22-28-40-94)81(118)108-74(50-59(15)16)89(126)111-70(46-55(7)8)85(122)103-64(33-21-27-39-93)79(116)101-66(35-23-29-41-95)82(119)109-75(51-60(17)18)90(127)112-71(47-56(9)10)86(123)104-67(36-24-30-42-96)83(120)106-72(48-57(11)12)87(124)105-68(76(98)113)44-53(3)4/h52-75H,19-51,91-97H2,1-18H3,(H2,98,113)(H,99,114)(H,100,115)(H,101,116)(H,102,121)(H,103,122)(H,104,123)(H,105,124)(H,106,120)(H,107,117)(H,108,118)(H,109,119)(H,110,125)(H,111,126)(H,112,127)/t61-,62-,63-,64+,65+,66-,67+,68-,69-,70+,71-,72-,73+,74-,75-/m0/s1. The largest absolute Gasteiger partial charge is 0.368 e. The van der Waals surface area contributed by atoms with Crippen molar-refractivity contribution in [3.63, 3.8) is 0 Å². The molecular weight excluding hydrogens is 1630 g/mol. The van der Waals surface area contributed by atoms with E-state index in [-0.39, 0.29) is 176 Å². The number of nitrogens with one attached hydrogen (secondary N) is 14. The first-order chi connectivity index (χ1) is 59.7. The summed E-state index contributed by atoms with van der Waals surface area (Å²) in [5, 5.41) is 39.5. The Bertz CT molecular complexity index is 3280. The molecular formula is C90H174N22O15. The summed E-state index contributed by atoms with van der Waals surface area (Å²) in [5.74, 6) is -11.8. The van der Waals surface area contributed by atoms with E-state index in [4.69, 9.17) is 45.9 Å². The topological polar surface area (TPSA) is 633 Å². The van der Waals surface area contributed by atoms with E-state index in [1.165, 1.54) is 0 Å². The Hall–Kier alpha value is -8.23. The SMILES string of the molecule is CC(C)C[C@H](NC(=O)[C@H](CC(C)C)NC(=O)[C@@H](CCCCN)NC(=O)[C@H](CC(C)C)NC(=O)[C@H](CC(C)C)NC(=O)[C@H](CCCCN)NC(=O)[C@@H](CCCCN)NC(=O)[C@@H](CC(C)C)NC(=O)[C@H](CC(C)C)NC(=O)[C@@H](CCCCN)NC(=O)[C@H](CCCCN)NC(=O)[C@H](CC(C)C)NC(=O)[C@@H](CC(C)C)NC(=O)[C@H](CCCCN)NC(=O)[C@@H](N)CC(C)C)C(N)=O. The summed E-state index contributed by atoms with van der Waals surface area (Å²) in [4.78, 5) is 216. The van der Waals surface area contributed by atoms with Crippen molar-refractivity contribution in [2.24, 2.45) is 99.1 Å². The molecule has 15 atom stereocenters. The van der Waals surface area contributed by atoms with Gasteiger partial charge in [-0.05, 0) is 266 Å². The lowest BCUT2D eigenvalue weighted by Gasteiger charge is -2.30. The maximum atomic E-state index is 14.9. The van der Waals surface area contributed by atoms with Crippen LogP contribution in [0.15, 0.2) is 0 Å². The highest BCUT2D eigenvalue weighted by Crippen LogP contribution is 2.20. The molecule has 37 nitrogen and oxygen atoms in total. The molecule has 734 valence electrons. The van der Waals surface area contributed by atoms with Gasteiger partial charge in [-0.2, -0.15) is 0 Å². The highest BCUT2D eigenvalue weighted by Gasteiger charge is 2.40. The molecule has 0 saturated heterocycles. The Morgan fingerprint density at radius 3 is 0.425 bits per heavy atom. The third-order valence-corrected chi connectivity index (χ3v) is 21.3. The van der Waals surface area contributed by atoms with Crippen LogP contribution in [0.5, 0.6) is 0 Å². The van der Waals surface area contributed by atoms with Gasteiger partial charge in [0.1, 0.15) is 84.6 Å². The highest BCUT2D eigenvalue weighted by atomic mass is 16.2. The second-order valence-corrected chi connectivity index (χ2v) is 38.2. The predicted molar refractivity (Wildman–Crippen MR) is 497 cm³/mol. The summed E-state index contributed by atoms with van der Waals surface area (Å²) < 4.78 is 0. The number of hydrogen-bond acceptors (Lipinski definition) is 22. The van der Waals surface area contributed by atoms with E-state index in [0.717, 1.165) is 0 Å². The molecule has 0 aliphatic heterocycles. The average molecular weight is 1800 g/mol. The van der Waals surface area contributed by atoms with E-state index in [9.17, 15) is 71.9 Å². The van der Waals surface area contributed by atoms with Gasteiger partial charge in [-0.15, -0.1) is 0 Å². The average Bonchev–Trinajstić information content (AvgIpc) is 0.850. The molecule has 0 unspecified atom stereocenters. The molecule has 0 bridgehead atoms. The summed E-state index contributed by atoms with van der Waals surface area (Å²) in [6, 6.07) is -18.0. The Kier molecular flexibility index (Phi) is 61.9. The number of rotatable bonds is 71. The first kappa shape index (κ1) is 119. The maximum absolute atomic E-state index is 14.9. The summed E-state index contributed by atoms with van der Waals surface area (Å²) in [6.07, 6.45) is 6.87. The molecule has 0 aromatic heterocycles. The molecule has 0 rings (SSSR count). The minimum absolute atomic E-state index is 0.00128. The molecule has 0 heterocycles. The third-order valence-electron chi connectivity index (χ3n) is 21.3. The zero-order valence-electron chi connectivity index (χ0n) is 80.4.